The van der Waals surface area contributed by atoms with Crippen molar-refractivity contribution in [3.63, 3.8) is 0 Å². The van der Waals surface area contributed by atoms with Crippen LogP contribution in [0.2, 0.25) is 0 Å². The van der Waals surface area contributed by atoms with Crippen LogP contribution in [0.3, 0.4) is 0 Å². The zero-order valence-corrected chi connectivity index (χ0v) is 16.5. The molecule has 1 saturated heterocycles. The highest BCUT2D eigenvalue weighted by molar-refractivity contribution is 5.20. The van der Waals surface area contributed by atoms with Crippen molar-refractivity contribution in [1.29, 1.82) is 0 Å². The molecule has 0 aliphatic carbocycles. The molecule has 1 aromatic carbocycles. The highest BCUT2D eigenvalue weighted by atomic mass is 16.5. The van der Waals surface area contributed by atoms with E-state index in [2.05, 4.69) is 24.1 Å². The average molecular weight is 365 g/mol. The number of hydrogen-bond donors (Lipinski definition) is 1. The molecule has 1 fully saturated rings. The lowest BCUT2D eigenvalue weighted by Gasteiger charge is -2.31. The fourth-order valence-electron chi connectivity index (χ4n) is 3.02. The largest absolute Gasteiger partial charge is 0.492 e. The fourth-order valence-corrected chi connectivity index (χ4v) is 3.02. The highest BCUT2D eigenvalue weighted by Crippen LogP contribution is 2.14. The first kappa shape index (κ1) is 21.2. The van der Waals surface area contributed by atoms with Gasteiger partial charge in [0.2, 0.25) is 0 Å². The summed E-state index contributed by atoms with van der Waals surface area (Å²) >= 11 is 0. The van der Waals surface area contributed by atoms with Crippen LogP contribution in [0.1, 0.15) is 26.7 Å². The highest BCUT2D eigenvalue weighted by Gasteiger charge is 2.19. The van der Waals surface area contributed by atoms with Crippen LogP contribution in [0.4, 0.5) is 0 Å². The minimum absolute atomic E-state index is 0.379. The van der Waals surface area contributed by atoms with E-state index in [0.717, 1.165) is 64.5 Å². The van der Waals surface area contributed by atoms with Gasteiger partial charge in [0.05, 0.1) is 25.9 Å². The zero-order chi connectivity index (χ0) is 18.5. The molecule has 2 rings (SSSR count). The van der Waals surface area contributed by atoms with Gasteiger partial charge in [0.25, 0.3) is 0 Å². The average Bonchev–Trinajstić information content (AvgIpc) is 2.66. The van der Waals surface area contributed by atoms with Crippen LogP contribution in [0.25, 0.3) is 0 Å². The van der Waals surface area contributed by atoms with Crippen LogP contribution in [-0.2, 0) is 9.47 Å². The van der Waals surface area contributed by atoms with Crippen LogP contribution >= 0.6 is 0 Å². The Morgan fingerprint density at radius 1 is 1.04 bits per heavy atom. The minimum atomic E-state index is 0.379. The first-order valence-corrected chi connectivity index (χ1v) is 10.0. The van der Waals surface area contributed by atoms with Crippen LogP contribution in [0, 0.1) is 5.92 Å². The molecule has 0 spiro atoms. The fraction of sp³-hybridized carbons (Fsp3) is 0.714. The molecule has 5 nitrogen and oxygen atoms in total. The van der Waals surface area contributed by atoms with E-state index < -0.39 is 0 Å². The normalized spacial score (nSPS) is 16.3. The molecule has 0 radical (unpaired) electrons. The lowest BCUT2D eigenvalue weighted by Crippen LogP contribution is -2.39. The molecule has 1 aromatic rings. The van der Waals surface area contributed by atoms with Crippen LogP contribution in [0.5, 0.6) is 5.75 Å². The van der Waals surface area contributed by atoms with Crippen molar-refractivity contribution >= 4 is 0 Å². The molecule has 0 saturated carbocycles. The lowest BCUT2D eigenvalue weighted by molar-refractivity contribution is -0.0230. The Labute approximate surface area is 159 Å². The molecule has 0 aromatic heterocycles. The zero-order valence-electron chi connectivity index (χ0n) is 16.5. The van der Waals surface area contributed by atoms with E-state index >= 15 is 0 Å². The van der Waals surface area contributed by atoms with Crippen molar-refractivity contribution in [2.75, 3.05) is 59.2 Å². The summed E-state index contributed by atoms with van der Waals surface area (Å²) in [6, 6.07) is 10.0. The summed E-state index contributed by atoms with van der Waals surface area (Å²) in [5.41, 5.74) is 0. The molecule has 0 atom stereocenters. The van der Waals surface area contributed by atoms with E-state index in [0.29, 0.717) is 25.2 Å². The number of piperidine rings is 1. The monoisotopic (exact) mass is 364 g/mol. The molecule has 5 heteroatoms. The number of likely N-dealkylation sites (tertiary alicyclic amines) is 1. The quantitative estimate of drug-likeness (QED) is 0.545. The number of nitrogens with one attached hydrogen (secondary N) is 1. The second kappa shape index (κ2) is 13.1. The van der Waals surface area contributed by atoms with Crippen LogP contribution in [0.15, 0.2) is 30.3 Å². The van der Waals surface area contributed by atoms with Gasteiger partial charge in [-0.05, 0) is 37.4 Å². The number of nitrogens with zero attached hydrogens (tertiary/aromatic N) is 1. The molecular weight excluding hydrogens is 328 g/mol. The first-order valence-electron chi connectivity index (χ1n) is 10.0. The van der Waals surface area contributed by atoms with Crippen LogP contribution < -0.4 is 10.1 Å². The molecule has 1 heterocycles. The third kappa shape index (κ3) is 9.53. The van der Waals surface area contributed by atoms with Gasteiger partial charge in [0.15, 0.2) is 0 Å². The topological polar surface area (TPSA) is 43.0 Å². The predicted octanol–water partition coefficient (Wildman–Crippen LogP) is 2.81. The first-order chi connectivity index (χ1) is 12.7. The third-order valence-electron chi connectivity index (χ3n) is 4.51. The maximum Gasteiger partial charge on any atom is 0.119 e. The Morgan fingerprint density at radius 3 is 2.54 bits per heavy atom. The summed E-state index contributed by atoms with van der Waals surface area (Å²) in [7, 11) is 0. The predicted molar refractivity (Wildman–Crippen MR) is 106 cm³/mol. The van der Waals surface area contributed by atoms with Gasteiger partial charge in [-0.15, -0.1) is 0 Å². The van der Waals surface area contributed by atoms with Gasteiger partial charge in [0, 0.05) is 26.2 Å². The molecular formula is C21H36N2O3. The van der Waals surface area contributed by atoms with E-state index in [-0.39, 0.29) is 0 Å². The summed E-state index contributed by atoms with van der Waals surface area (Å²) in [4.78, 5) is 2.46. The van der Waals surface area contributed by atoms with Gasteiger partial charge >= 0.3 is 0 Å². The van der Waals surface area contributed by atoms with Crippen LogP contribution in [-0.4, -0.2) is 70.2 Å². The Kier molecular flexibility index (Phi) is 10.7. The second-order valence-corrected chi connectivity index (χ2v) is 7.28. The number of ether oxygens (including phenoxy) is 3. The van der Waals surface area contributed by atoms with Gasteiger partial charge in [-0.3, -0.25) is 4.90 Å². The smallest absolute Gasteiger partial charge is 0.119 e. The maximum atomic E-state index is 5.95. The Morgan fingerprint density at radius 2 is 1.81 bits per heavy atom. The molecule has 26 heavy (non-hydrogen) atoms. The number of hydrogen-bond acceptors (Lipinski definition) is 5. The lowest BCUT2D eigenvalue weighted by atomic mass is 10.1. The van der Waals surface area contributed by atoms with E-state index in [4.69, 9.17) is 14.2 Å². The van der Waals surface area contributed by atoms with Crippen molar-refractivity contribution in [2.45, 2.75) is 32.8 Å². The number of rotatable bonds is 13. The van der Waals surface area contributed by atoms with Gasteiger partial charge in [-0.1, -0.05) is 32.0 Å². The molecule has 0 bridgehead atoms. The maximum absolute atomic E-state index is 5.95. The second-order valence-electron chi connectivity index (χ2n) is 7.28. The number of benzene rings is 1. The Bertz CT molecular complexity index is 448. The molecule has 148 valence electrons. The van der Waals surface area contributed by atoms with Gasteiger partial charge in [-0.2, -0.15) is 0 Å². The summed E-state index contributed by atoms with van der Waals surface area (Å²) in [6.45, 7) is 12.4. The Balaban J connectivity index is 1.41. The molecule has 0 unspecified atom stereocenters. The van der Waals surface area contributed by atoms with E-state index in [9.17, 15) is 0 Å². The van der Waals surface area contributed by atoms with Crippen molar-refractivity contribution < 1.29 is 14.2 Å². The van der Waals surface area contributed by atoms with Gasteiger partial charge < -0.3 is 19.5 Å². The van der Waals surface area contributed by atoms with Crippen molar-refractivity contribution in [3.8, 4) is 5.75 Å². The minimum Gasteiger partial charge on any atom is -0.492 e. The number of para-hydroxylation sites is 1. The summed E-state index contributed by atoms with van der Waals surface area (Å²) in [6.07, 6.45) is 2.58. The van der Waals surface area contributed by atoms with E-state index in [1.165, 1.54) is 0 Å². The summed E-state index contributed by atoms with van der Waals surface area (Å²) in [5, 5.41) is 3.38. The molecule has 0 amide bonds. The summed E-state index contributed by atoms with van der Waals surface area (Å²) in [5.74, 6) is 1.64. The van der Waals surface area contributed by atoms with Crippen molar-refractivity contribution in [3.05, 3.63) is 30.3 Å². The van der Waals surface area contributed by atoms with Crippen molar-refractivity contribution in [1.82, 2.24) is 10.2 Å². The molecule has 1 aliphatic heterocycles. The SMILES string of the molecule is CC(C)CNCCOCCOC1CCN(CCOc2ccccc2)CC1. The van der Waals surface area contributed by atoms with E-state index in [1.807, 2.05) is 30.3 Å². The molecule has 1 N–H and O–H groups in total. The summed E-state index contributed by atoms with van der Waals surface area (Å²) < 4.78 is 17.3. The van der Waals surface area contributed by atoms with Gasteiger partial charge in [-0.25, -0.2) is 0 Å². The van der Waals surface area contributed by atoms with Crippen molar-refractivity contribution in [2.24, 2.45) is 5.92 Å². The molecule has 1 aliphatic rings. The van der Waals surface area contributed by atoms with E-state index in [1.54, 1.807) is 0 Å². The standard InChI is InChI=1S/C21H36N2O3/c1-19(2)18-22-10-14-24-16-17-26-21-8-11-23(12-9-21)13-15-25-20-6-4-3-5-7-20/h3-7,19,21-22H,8-18H2,1-2H3. The third-order valence-corrected chi connectivity index (χ3v) is 4.51. The Hall–Kier alpha value is -1.14. The van der Waals surface area contributed by atoms with Gasteiger partial charge in [0.1, 0.15) is 12.4 Å².